The normalized spacial score (nSPS) is 10.6. The Bertz CT molecular complexity index is 990. The van der Waals surface area contributed by atoms with Crippen molar-refractivity contribution in [1.29, 1.82) is 0 Å². The van der Waals surface area contributed by atoms with E-state index in [9.17, 15) is 9.59 Å². The molecule has 0 saturated carbocycles. The highest BCUT2D eigenvalue weighted by Crippen LogP contribution is 2.22. The van der Waals surface area contributed by atoms with Crippen molar-refractivity contribution in [3.05, 3.63) is 58.4 Å². The molecule has 152 valence electrons. The Morgan fingerprint density at radius 1 is 1.17 bits per heavy atom. The topological polar surface area (TPSA) is 124 Å². The summed E-state index contributed by atoms with van der Waals surface area (Å²) in [7, 11) is 0. The van der Waals surface area contributed by atoms with Gasteiger partial charge in [-0.15, -0.1) is 0 Å². The van der Waals surface area contributed by atoms with Gasteiger partial charge >= 0.3 is 11.8 Å². The van der Waals surface area contributed by atoms with Gasteiger partial charge in [-0.2, -0.15) is 10.1 Å². The van der Waals surface area contributed by atoms with Crippen LogP contribution in [0.15, 0.2) is 41.2 Å². The molecule has 2 aromatic heterocycles. The smallest absolute Gasteiger partial charge is 0.316 e. The molecular formula is C17H16Cl2N6O4. The first-order valence-electron chi connectivity index (χ1n) is 8.44. The van der Waals surface area contributed by atoms with Crippen LogP contribution < -0.4 is 15.4 Å². The summed E-state index contributed by atoms with van der Waals surface area (Å²) in [6.07, 6.45) is 3.07. The van der Waals surface area contributed by atoms with Gasteiger partial charge < -0.3 is 19.9 Å². The molecular weight excluding hydrogens is 423 g/mol. The van der Waals surface area contributed by atoms with Crippen LogP contribution >= 0.6 is 23.2 Å². The Labute approximate surface area is 175 Å². The molecule has 29 heavy (non-hydrogen) atoms. The van der Waals surface area contributed by atoms with E-state index in [4.69, 9.17) is 32.5 Å². The summed E-state index contributed by atoms with van der Waals surface area (Å²) in [5.41, 5.74) is 0. The number of carbonyl (C=O) groups is 2. The molecule has 0 fully saturated rings. The number of benzene rings is 1. The third kappa shape index (κ3) is 6.19. The van der Waals surface area contributed by atoms with E-state index in [-0.39, 0.29) is 43.9 Å². The maximum absolute atomic E-state index is 12.0. The summed E-state index contributed by atoms with van der Waals surface area (Å²) in [5, 5.41) is 13.8. The minimum absolute atomic E-state index is 0.170. The monoisotopic (exact) mass is 438 g/mol. The average molecular weight is 439 g/mol. The maximum atomic E-state index is 12.0. The van der Waals surface area contributed by atoms with Crippen LogP contribution in [0, 0.1) is 0 Å². The lowest BCUT2D eigenvalue weighted by molar-refractivity contribution is -0.123. The second-order valence-electron chi connectivity index (χ2n) is 5.70. The van der Waals surface area contributed by atoms with Crippen LogP contribution in [-0.2, 0) is 11.3 Å². The minimum Gasteiger partial charge on any atom is -0.482 e. The summed E-state index contributed by atoms with van der Waals surface area (Å²) in [6, 6.07) is 6.84. The second-order valence-corrected chi connectivity index (χ2v) is 6.54. The molecule has 2 N–H and O–H groups in total. The van der Waals surface area contributed by atoms with Crippen molar-refractivity contribution < 1.29 is 18.8 Å². The molecule has 0 bridgehead atoms. The number of para-hydroxylation sites is 1. The van der Waals surface area contributed by atoms with E-state index >= 15 is 0 Å². The van der Waals surface area contributed by atoms with Gasteiger partial charge in [-0.3, -0.25) is 14.3 Å². The first-order chi connectivity index (χ1) is 14.0. The summed E-state index contributed by atoms with van der Waals surface area (Å²) in [6.45, 7) is 0.388. The van der Waals surface area contributed by atoms with Gasteiger partial charge in [0.15, 0.2) is 12.4 Å². The quantitative estimate of drug-likeness (QED) is 0.485. The molecule has 2 amide bonds. The molecule has 3 rings (SSSR count). The second kappa shape index (κ2) is 9.89. The molecule has 10 nitrogen and oxygen atoms in total. The molecule has 12 heteroatoms. The van der Waals surface area contributed by atoms with Gasteiger partial charge in [0.1, 0.15) is 12.3 Å². The summed E-state index contributed by atoms with van der Waals surface area (Å²) >= 11 is 11.7. The SMILES string of the molecule is O=C(COc1ccccc1Cl)NCCNC(=O)c1nc(Cn2cc(Cl)cn2)no1. The molecule has 1 aromatic carbocycles. The average Bonchev–Trinajstić information content (AvgIpc) is 3.33. The highest BCUT2D eigenvalue weighted by atomic mass is 35.5. The molecule has 0 saturated heterocycles. The molecule has 0 aliphatic heterocycles. The van der Waals surface area contributed by atoms with E-state index < -0.39 is 5.91 Å². The standard InChI is InChI=1S/C17H16Cl2N6O4/c18-11-7-22-25(8-11)9-14-23-17(29-24-14)16(27)21-6-5-20-15(26)10-28-13-4-2-1-3-12(13)19/h1-4,7-8H,5-6,9-10H2,(H,20,26)(H,21,27). The zero-order valence-electron chi connectivity index (χ0n) is 15.0. The molecule has 0 radical (unpaired) electrons. The summed E-state index contributed by atoms with van der Waals surface area (Å²) < 4.78 is 11.7. The fourth-order valence-corrected chi connectivity index (χ4v) is 2.54. The van der Waals surface area contributed by atoms with Crippen molar-refractivity contribution in [3.8, 4) is 5.75 Å². The molecule has 2 heterocycles. The third-order valence-corrected chi connectivity index (χ3v) is 4.00. The van der Waals surface area contributed by atoms with Crippen molar-refractivity contribution >= 4 is 35.0 Å². The predicted molar refractivity (Wildman–Crippen MR) is 103 cm³/mol. The van der Waals surface area contributed by atoms with E-state index in [1.165, 1.54) is 10.9 Å². The van der Waals surface area contributed by atoms with E-state index in [0.29, 0.717) is 15.8 Å². The molecule has 0 aliphatic rings. The Balaban J connectivity index is 1.35. The van der Waals surface area contributed by atoms with Crippen molar-refractivity contribution in [2.75, 3.05) is 19.7 Å². The lowest BCUT2D eigenvalue weighted by Crippen LogP contribution is -2.36. The number of nitrogens with zero attached hydrogens (tertiary/aromatic N) is 4. The van der Waals surface area contributed by atoms with Crippen molar-refractivity contribution in [2.24, 2.45) is 0 Å². The first-order valence-corrected chi connectivity index (χ1v) is 9.19. The van der Waals surface area contributed by atoms with Crippen LogP contribution in [-0.4, -0.2) is 51.4 Å². The van der Waals surface area contributed by atoms with E-state index in [1.807, 2.05) is 0 Å². The number of aromatic nitrogens is 4. The zero-order valence-corrected chi connectivity index (χ0v) is 16.5. The highest BCUT2D eigenvalue weighted by molar-refractivity contribution is 6.32. The Hall–Kier alpha value is -3.11. The number of hydrogen-bond donors (Lipinski definition) is 2. The molecule has 0 aliphatic carbocycles. The van der Waals surface area contributed by atoms with Gasteiger partial charge in [0.2, 0.25) is 0 Å². The van der Waals surface area contributed by atoms with E-state index in [0.717, 1.165) is 0 Å². The lowest BCUT2D eigenvalue weighted by atomic mass is 10.3. The van der Waals surface area contributed by atoms with Gasteiger partial charge in [-0.1, -0.05) is 40.5 Å². The Morgan fingerprint density at radius 3 is 2.72 bits per heavy atom. The van der Waals surface area contributed by atoms with Crippen LogP contribution in [0.25, 0.3) is 0 Å². The number of nitrogens with one attached hydrogen (secondary N) is 2. The predicted octanol–water partition coefficient (Wildman–Crippen LogP) is 1.55. The van der Waals surface area contributed by atoms with Gasteiger partial charge in [0, 0.05) is 19.3 Å². The van der Waals surface area contributed by atoms with Crippen LogP contribution in [0.5, 0.6) is 5.75 Å². The number of halogens is 2. The van der Waals surface area contributed by atoms with Crippen molar-refractivity contribution in [1.82, 2.24) is 30.6 Å². The minimum atomic E-state index is -0.552. The van der Waals surface area contributed by atoms with Crippen molar-refractivity contribution in [2.45, 2.75) is 6.54 Å². The number of ether oxygens (including phenoxy) is 1. The van der Waals surface area contributed by atoms with Gasteiger partial charge in [0.05, 0.1) is 16.2 Å². The van der Waals surface area contributed by atoms with Crippen LogP contribution in [0.2, 0.25) is 10.0 Å². The summed E-state index contributed by atoms with van der Waals surface area (Å²) in [4.78, 5) is 27.8. The maximum Gasteiger partial charge on any atom is 0.316 e. The van der Waals surface area contributed by atoms with Crippen LogP contribution in [0.3, 0.4) is 0 Å². The molecule has 0 unspecified atom stereocenters. The molecule has 0 atom stereocenters. The number of rotatable bonds is 9. The van der Waals surface area contributed by atoms with Gasteiger partial charge in [-0.25, -0.2) is 0 Å². The van der Waals surface area contributed by atoms with Crippen LogP contribution in [0.4, 0.5) is 0 Å². The fourth-order valence-electron chi connectivity index (χ4n) is 2.19. The van der Waals surface area contributed by atoms with E-state index in [1.54, 1.807) is 30.5 Å². The zero-order chi connectivity index (χ0) is 20.6. The molecule has 0 spiro atoms. The number of carbonyl (C=O) groups excluding carboxylic acids is 2. The Morgan fingerprint density at radius 2 is 1.97 bits per heavy atom. The number of amides is 2. The highest BCUT2D eigenvalue weighted by Gasteiger charge is 2.15. The van der Waals surface area contributed by atoms with Crippen molar-refractivity contribution in [3.63, 3.8) is 0 Å². The Kier molecular flexibility index (Phi) is 7.04. The fraction of sp³-hybridized carbons (Fsp3) is 0.235. The lowest BCUT2D eigenvalue weighted by Gasteiger charge is -2.08. The summed E-state index contributed by atoms with van der Waals surface area (Å²) in [5.74, 6) is -0.394. The van der Waals surface area contributed by atoms with Gasteiger partial charge in [0.25, 0.3) is 5.91 Å². The van der Waals surface area contributed by atoms with Gasteiger partial charge in [-0.05, 0) is 12.1 Å². The largest absolute Gasteiger partial charge is 0.482 e. The first kappa shape index (κ1) is 20.6. The van der Waals surface area contributed by atoms with Crippen LogP contribution in [0.1, 0.15) is 16.5 Å². The third-order valence-electron chi connectivity index (χ3n) is 3.50. The van der Waals surface area contributed by atoms with E-state index in [2.05, 4.69) is 25.9 Å². The number of hydrogen-bond acceptors (Lipinski definition) is 7. The molecule has 3 aromatic rings.